The molecule has 1 aliphatic heterocycles. The molecule has 1 saturated heterocycles. The van der Waals surface area contributed by atoms with Gasteiger partial charge in [0.1, 0.15) is 15.5 Å². The fourth-order valence-corrected chi connectivity index (χ4v) is 1.35. The third kappa shape index (κ3) is 0.514. The van der Waals surface area contributed by atoms with Crippen LogP contribution in [0.4, 0.5) is 0 Å². The van der Waals surface area contributed by atoms with Gasteiger partial charge >= 0.3 is 0 Å². The van der Waals surface area contributed by atoms with Crippen LogP contribution in [0.15, 0.2) is 0 Å². The summed E-state index contributed by atoms with van der Waals surface area (Å²) in [5, 5.41) is 0. The lowest BCUT2D eigenvalue weighted by Crippen LogP contribution is -1.04. The summed E-state index contributed by atoms with van der Waals surface area (Å²) in [4.78, 5) is 0. The van der Waals surface area contributed by atoms with Crippen molar-refractivity contribution in [3.05, 3.63) is 0 Å². The van der Waals surface area contributed by atoms with Gasteiger partial charge in [0, 0.05) is 0 Å². The molecule has 0 radical (unpaired) electrons. The molecular weight excluding hydrogens is 86.0 g/mol. The average Bonchev–Trinajstić information content (AvgIpc) is 1.75. The molecule has 0 nitrogen and oxygen atoms in total. The van der Waals surface area contributed by atoms with E-state index < -0.39 is 0 Å². The van der Waals surface area contributed by atoms with Gasteiger partial charge in [-0.05, 0) is 0 Å². The summed E-state index contributed by atoms with van der Waals surface area (Å²) in [5.74, 6) is 1.47. The minimum absolute atomic E-state index is 0.407. The highest BCUT2D eigenvalue weighted by Gasteiger charge is 2.22. The summed E-state index contributed by atoms with van der Waals surface area (Å²) in [7, 11) is 1.67. The van der Waals surface area contributed by atoms with Crippen molar-refractivity contribution in [1.29, 1.82) is 0 Å². The zero-order valence-corrected chi connectivity index (χ0v) is 4.26. The zero-order chi connectivity index (χ0) is 2.99. The maximum Gasteiger partial charge on any atom is 0.166 e. The summed E-state index contributed by atoms with van der Waals surface area (Å²) in [6.07, 6.45) is 3.83. The van der Waals surface area contributed by atoms with E-state index in [9.17, 15) is 0 Å². The van der Waals surface area contributed by atoms with Crippen LogP contribution in [-0.4, -0.2) is 12.2 Å². The summed E-state index contributed by atoms with van der Waals surface area (Å²) >= 11 is 0. The first-order valence-electron chi connectivity index (χ1n) is 1.21. The van der Waals surface area contributed by atoms with E-state index in [1.54, 1.807) is 0 Å². The van der Waals surface area contributed by atoms with Crippen molar-refractivity contribution in [3.8, 4) is 0 Å². The van der Waals surface area contributed by atoms with E-state index in [0.29, 0.717) is 7.23 Å². The minimum Gasteiger partial charge on any atom is 0.0747 e. The Morgan fingerprint density at radius 1 is 2.00 bits per heavy atom. The molecule has 2 atom stereocenters. The molecule has 0 N–H and O–H groups in total. The Hall–Kier alpha value is 0.600. The Morgan fingerprint density at radius 2 is 2.25 bits per heavy atom. The number of rotatable bonds is 0. The van der Waals surface area contributed by atoms with E-state index in [0.717, 1.165) is 0 Å². The van der Waals surface area contributed by atoms with Gasteiger partial charge in [-0.3, -0.25) is 0 Å². The van der Waals surface area contributed by atoms with Crippen LogP contribution in [0.1, 0.15) is 0 Å². The van der Waals surface area contributed by atoms with Crippen LogP contribution < -0.4 is 0 Å². The van der Waals surface area contributed by atoms with Gasteiger partial charge in [0.2, 0.25) is 0 Å². The molecule has 1 heterocycles. The van der Waals surface area contributed by atoms with Gasteiger partial charge in [-0.1, -0.05) is 0 Å². The fourth-order valence-electron chi connectivity index (χ4n) is 0.0500. The topological polar surface area (TPSA) is 0 Å². The Bertz CT molecular complexity index is 42.0. The van der Waals surface area contributed by atoms with Gasteiger partial charge < -0.3 is 0 Å². The molecule has 0 aliphatic carbocycles. The molecule has 1 fully saturated rings. The molecule has 4 heavy (non-hydrogen) atoms. The van der Waals surface area contributed by atoms with Crippen LogP contribution in [0.3, 0.4) is 0 Å². The molecule has 0 saturated carbocycles. The predicted octanol–water partition coefficient (Wildman–Crippen LogP) is 1.46. The smallest absolute Gasteiger partial charge is 0.0747 e. The second kappa shape index (κ2) is 0.776. The highest BCUT2D eigenvalue weighted by molar-refractivity contribution is 8.35. The van der Waals surface area contributed by atoms with Crippen molar-refractivity contribution in [2.24, 2.45) is 0 Å². The van der Waals surface area contributed by atoms with E-state index >= 15 is 0 Å². The lowest BCUT2D eigenvalue weighted by molar-refractivity contribution is 2.39. The second-order valence-electron chi connectivity index (χ2n) is 0.856. The van der Waals surface area contributed by atoms with Crippen LogP contribution in [0.25, 0.3) is 0 Å². The molecule has 2 unspecified atom stereocenters. The standard InChI is InChI=1S/C2H5P2/c1-4-2-3-4/h3H,1-2H2/q+1. The fraction of sp³-hybridized carbons (Fsp3) is 0.500. The van der Waals surface area contributed by atoms with Gasteiger partial charge in [-0.15, -0.1) is 0 Å². The van der Waals surface area contributed by atoms with Gasteiger partial charge in [0.15, 0.2) is 5.90 Å². The van der Waals surface area contributed by atoms with E-state index in [-0.39, 0.29) is 0 Å². The van der Waals surface area contributed by atoms with Crippen molar-refractivity contribution >= 4 is 21.8 Å². The Morgan fingerprint density at radius 3 is 2.25 bits per heavy atom. The molecule has 0 spiro atoms. The summed E-state index contributed by atoms with van der Waals surface area (Å²) in [6, 6.07) is 0. The third-order valence-electron chi connectivity index (χ3n) is 0.382. The van der Waals surface area contributed by atoms with E-state index in [2.05, 4.69) is 6.30 Å². The van der Waals surface area contributed by atoms with Crippen molar-refractivity contribution in [2.45, 2.75) is 0 Å². The van der Waals surface area contributed by atoms with E-state index in [4.69, 9.17) is 0 Å². The number of hydrogen-bond donors (Lipinski definition) is 0. The van der Waals surface area contributed by atoms with Gasteiger partial charge in [0.25, 0.3) is 0 Å². The Kier molecular flexibility index (Phi) is 0.547. The summed E-state index contributed by atoms with van der Waals surface area (Å²) in [5.41, 5.74) is 0. The quantitative estimate of drug-likeness (QED) is 0.396. The molecule has 2 heteroatoms. The highest BCUT2D eigenvalue weighted by atomic mass is 32.1. The van der Waals surface area contributed by atoms with E-state index in [1.807, 2.05) is 0 Å². The molecule has 0 bridgehead atoms. The van der Waals surface area contributed by atoms with Crippen molar-refractivity contribution < 1.29 is 0 Å². The average molecular weight is 91.0 g/mol. The van der Waals surface area contributed by atoms with Crippen molar-refractivity contribution in [3.63, 3.8) is 0 Å². The van der Waals surface area contributed by atoms with Crippen LogP contribution in [0.2, 0.25) is 0 Å². The molecule has 1 rings (SSSR count). The van der Waals surface area contributed by atoms with Crippen LogP contribution in [0.5, 0.6) is 0 Å². The largest absolute Gasteiger partial charge is 0.166 e. The third-order valence-corrected chi connectivity index (χ3v) is 3.44. The maximum absolute atomic E-state index is 3.83. The first kappa shape index (κ1) is 2.82. The molecule has 0 aromatic carbocycles. The predicted molar refractivity (Wildman–Crippen MR) is 27.2 cm³/mol. The first-order valence-corrected chi connectivity index (χ1v) is 4.97. The highest BCUT2D eigenvalue weighted by Crippen LogP contribution is 2.65. The van der Waals surface area contributed by atoms with Gasteiger partial charge in [-0.25, -0.2) is 0 Å². The SMILES string of the molecule is C=[P+]1CP1. The van der Waals surface area contributed by atoms with Crippen molar-refractivity contribution in [2.75, 3.05) is 5.90 Å². The lowest BCUT2D eigenvalue weighted by atomic mass is 11.9. The molecule has 22 valence electrons. The van der Waals surface area contributed by atoms with Gasteiger partial charge in [0.05, 0.1) is 6.30 Å². The molecular formula is C2H5P2+. The van der Waals surface area contributed by atoms with Crippen molar-refractivity contribution in [1.82, 2.24) is 0 Å². The monoisotopic (exact) mass is 91.0 g/mol. The normalized spacial score (nSPS) is 36.5. The van der Waals surface area contributed by atoms with Crippen LogP contribution in [-0.2, 0) is 0 Å². The molecule has 1 aliphatic rings. The van der Waals surface area contributed by atoms with Gasteiger partial charge in [-0.2, -0.15) is 0 Å². The summed E-state index contributed by atoms with van der Waals surface area (Å²) in [6.45, 7) is 0. The Balaban J connectivity index is 2.60. The molecule has 0 aromatic heterocycles. The Labute approximate surface area is 28.7 Å². The lowest BCUT2D eigenvalue weighted by Gasteiger charge is -1.16. The first-order chi connectivity index (χ1) is 1.89. The minimum atomic E-state index is 0.407. The van der Waals surface area contributed by atoms with E-state index in [1.165, 1.54) is 14.2 Å². The summed E-state index contributed by atoms with van der Waals surface area (Å²) < 4.78 is 0. The molecule has 0 aromatic rings. The maximum atomic E-state index is 3.83. The van der Waals surface area contributed by atoms with Crippen LogP contribution in [0, 0.1) is 0 Å². The van der Waals surface area contributed by atoms with Crippen LogP contribution >= 0.6 is 15.5 Å². The zero-order valence-electron chi connectivity index (χ0n) is 2.36. The molecule has 0 amide bonds. The second-order valence-corrected chi connectivity index (χ2v) is 6.36. The number of hydrogen-bond acceptors (Lipinski definition) is 0.